The first-order chi connectivity index (χ1) is 17.8. The van der Waals surface area contributed by atoms with Crippen molar-refractivity contribution >= 4 is 17.4 Å². The number of carbonyl (C=O) groups is 1. The van der Waals surface area contributed by atoms with E-state index >= 15 is 0 Å². The predicted molar refractivity (Wildman–Crippen MR) is 148 cm³/mol. The third kappa shape index (κ3) is 6.40. The lowest BCUT2D eigenvalue weighted by atomic mass is 9.67. The summed E-state index contributed by atoms with van der Waals surface area (Å²) in [5, 5.41) is 10.8. The van der Waals surface area contributed by atoms with Crippen molar-refractivity contribution in [2.45, 2.75) is 31.6 Å². The number of carbonyl (C=O) groups excluding carboxylic acids is 1. The van der Waals surface area contributed by atoms with E-state index in [0.717, 1.165) is 43.6 Å². The molecule has 1 heterocycles. The molecule has 3 unspecified atom stereocenters. The molecule has 3 aromatic carbocycles. The summed E-state index contributed by atoms with van der Waals surface area (Å²) < 4.78 is 14.8. The minimum absolute atomic E-state index is 0.0420. The van der Waals surface area contributed by atoms with Gasteiger partial charge in [0.1, 0.15) is 11.6 Å². The second kappa shape index (κ2) is 12.2. The Balaban J connectivity index is 1.79. The van der Waals surface area contributed by atoms with Crippen molar-refractivity contribution < 1.29 is 14.3 Å². The SMILES string of the molecule is Cc1c(F)cccc1C1C(C(=O)c2cccc(O)c2)CN(CCCCN(C)C)CC1c1ccccc1Cl. The topological polar surface area (TPSA) is 43.8 Å². The Morgan fingerprint density at radius 3 is 2.49 bits per heavy atom. The molecule has 1 N–H and O–H groups in total. The number of likely N-dealkylation sites (tertiary alicyclic amines) is 1. The maximum atomic E-state index is 14.8. The molecule has 0 bridgehead atoms. The summed E-state index contributed by atoms with van der Waals surface area (Å²) in [6.45, 7) is 4.97. The lowest BCUT2D eigenvalue weighted by Gasteiger charge is -2.44. The lowest BCUT2D eigenvalue weighted by Crippen LogP contribution is -2.47. The molecule has 0 amide bonds. The van der Waals surface area contributed by atoms with Gasteiger partial charge in [0.05, 0.1) is 0 Å². The van der Waals surface area contributed by atoms with Crippen LogP contribution < -0.4 is 0 Å². The fraction of sp³-hybridized carbons (Fsp3) is 0.387. The van der Waals surface area contributed by atoms with Crippen LogP contribution in [0.3, 0.4) is 0 Å². The monoisotopic (exact) mass is 522 g/mol. The zero-order chi connectivity index (χ0) is 26.5. The van der Waals surface area contributed by atoms with Crippen LogP contribution in [0.25, 0.3) is 0 Å². The van der Waals surface area contributed by atoms with Crippen molar-refractivity contribution in [3.8, 4) is 5.75 Å². The molecule has 4 nitrogen and oxygen atoms in total. The molecular weight excluding hydrogens is 487 g/mol. The smallest absolute Gasteiger partial charge is 0.167 e. The summed E-state index contributed by atoms with van der Waals surface area (Å²) >= 11 is 6.74. The molecule has 1 aliphatic heterocycles. The van der Waals surface area contributed by atoms with E-state index in [-0.39, 0.29) is 29.2 Å². The van der Waals surface area contributed by atoms with Crippen LogP contribution in [0.15, 0.2) is 66.7 Å². The van der Waals surface area contributed by atoms with Gasteiger partial charge in [-0.15, -0.1) is 0 Å². The Labute approximate surface area is 224 Å². The highest BCUT2D eigenvalue weighted by molar-refractivity contribution is 6.31. The van der Waals surface area contributed by atoms with Crippen molar-refractivity contribution in [1.82, 2.24) is 9.80 Å². The van der Waals surface area contributed by atoms with E-state index in [4.69, 9.17) is 11.6 Å². The average Bonchev–Trinajstić information content (AvgIpc) is 2.88. The second-order valence-electron chi connectivity index (χ2n) is 10.4. The number of rotatable bonds is 9. The van der Waals surface area contributed by atoms with Gasteiger partial charge in [0.15, 0.2) is 5.78 Å². The molecule has 0 aromatic heterocycles. The van der Waals surface area contributed by atoms with Crippen LogP contribution in [0, 0.1) is 18.7 Å². The number of hydrogen-bond acceptors (Lipinski definition) is 4. The molecule has 3 atom stereocenters. The van der Waals surface area contributed by atoms with E-state index in [1.54, 1.807) is 31.2 Å². The van der Waals surface area contributed by atoms with Crippen molar-refractivity contribution in [1.29, 1.82) is 0 Å². The molecule has 0 saturated carbocycles. The molecular formula is C31H36ClFN2O2. The fourth-order valence-electron chi connectivity index (χ4n) is 5.69. The minimum Gasteiger partial charge on any atom is -0.508 e. The van der Waals surface area contributed by atoms with Crippen molar-refractivity contribution in [2.24, 2.45) is 5.92 Å². The third-order valence-corrected chi connectivity index (χ3v) is 7.89. The summed E-state index contributed by atoms with van der Waals surface area (Å²) in [5.74, 6) is -1.04. The first kappa shape index (κ1) is 27.3. The van der Waals surface area contributed by atoms with Crippen LogP contribution in [-0.4, -0.2) is 61.0 Å². The van der Waals surface area contributed by atoms with E-state index in [9.17, 15) is 14.3 Å². The number of benzene rings is 3. The molecule has 1 aliphatic rings. The van der Waals surface area contributed by atoms with E-state index in [1.165, 1.54) is 12.1 Å². The zero-order valence-electron chi connectivity index (χ0n) is 21.8. The highest BCUT2D eigenvalue weighted by Crippen LogP contribution is 2.47. The summed E-state index contributed by atoms with van der Waals surface area (Å²) in [4.78, 5) is 18.6. The summed E-state index contributed by atoms with van der Waals surface area (Å²) in [6.07, 6.45) is 2.09. The standard InChI is InChI=1S/C31H36ClFN2O2/c1-21-24(13-9-15-29(21)33)30-26(25-12-4-5-14-28(25)32)19-35(17-7-6-16-34(2)3)20-27(30)31(37)22-10-8-11-23(36)18-22/h4-5,8-15,18,26-27,30,36H,6-7,16-17,19-20H2,1-3H3. The van der Waals surface area contributed by atoms with E-state index < -0.39 is 5.92 Å². The van der Waals surface area contributed by atoms with Gasteiger partial charge in [0, 0.05) is 41.4 Å². The number of ketones is 1. The minimum atomic E-state index is -0.425. The molecule has 1 fully saturated rings. The van der Waals surface area contributed by atoms with Gasteiger partial charge >= 0.3 is 0 Å². The van der Waals surface area contributed by atoms with Crippen molar-refractivity contribution in [3.05, 3.63) is 99.8 Å². The molecule has 6 heteroatoms. The van der Waals surface area contributed by atoms with Gasteiger partial charge < -0.3 is 14.9 Å². The number of phenols is 1. The van der Waals surface area contributed by atoms with Crippen LogP contribution in [0.1, 0.15) is 51.7 Å². The van der Waals surface area contributed by atoms with E-state index in [2.05, 4.69) is 23.9 Å². The first-order valence-corrected chi connectivity index (χ1v) is 13.3. The molecule has 196 valence electrons. The van der Waals surface area contributed by atoms with Gasteiger partial charge in [-0.25, -0.2) is 4.39 Å². The highest BCUT2D eigenvalue weighted by atomic mass is 35.5. The average molecular weight is 523 g/mol. The van der Waals surface area contributed by atoms with Crippen molar-refractivity contribution in [3.63, 3.8) is 0 Å². The Bertz CT molecular complexity index is 1230. The number of unbranched alkanes of at least 4 members (excludes halogenated alkanes) is 1. The molecule has 3 aromatic rings. The highest BCUT2D eigenvalue weighted by Gasteiger charge is 2.43. The van der Waals surface area contributed by atoms with Crippen LogP contribution >= 0.6 is 11.6 Å². The number of aromatic hydroxyl groups is 1. The summed E-state index contributed by atoms with van der Waals surface area (Å²) in [6, 6.07) is 19.5. The van der Waals surface area contributed by atoms with Gasteiger partial charge in [-0.2, -0.15) is 0 Å². The van der Waals surface area contributed by atoms with Crippen LogP contribution in [0.2, 0.25) is 5.02 Å². The molecule has 1 saturated heterocycles. The van der Waals surface area contributed by atoms with Gasteiger partial charge in [-0.1, -0.05) is 54.1 Å². The molecule has 4 rings (SSSR count). The first-order valence-electron chi connectivity index (χ1n) is 13.0. The summed E-state index contributed by atoms with van der Waals surface area (Å²) in [5.41, 5.74) is 2.86. The normalized spacial score (nSPS) is 20.3. The molecule has 37 heavy (non-hydrogen) atoms. The Morgan fingerprint density at radius 1 is 1.03 bits per heavy atom. The largest absolute Gasteiger partial charge is 0.508 e. The molecule has 0 radical (unpaired) electrons. The molecule has 0 spiro atoms. The maximum absolute atomic E-state index is 14.8. The zero-order valence-corrected chi connectivity index (χ0v) is 22.6. The van der Waals surface area contributed by atoms with Gasteiger partial charge in [0.2, 0.25) is 0 Å². The predicted octanol–water partition coefficient (Wildman–Crippen LogP) is 6.52. The number of phenolic OH excluding ortho intramolecular Hbond substituents is 1. The summed E-state index contributed by atoms with van der Waals surface area (Å²) in [7, 11) is 4.15. The van der Waals surface area contributed by atoms with Crippen LogP contribution in [-0.2, 0) is 0 Å². The fourth-order valence-corrected chi connectivity index (χ4v) is 5.97. The molecule has 0 aliphatic carbocycles. The quantitative estimate of drug-likeness (QED) is 0.257. The van der Waals surface area contributed by atoms with E-state index in [1.807, 2.05) is 30.3 Å². The number of piperidine rings is 1. The lowest BCUT2D eigenvalue weighted by molar-refractivity contribution is 0.0735. The number of hydrogen-bond donors (Lipinski definition) is 1. The Morgan fingerprint density at radius 2 is 1.76 bits per heavy atom. The van der Waals surface area contributed by atoms with Gasteiger partial charge in [0.25, 0.3) is 0 Å². The third-order valence-electron chi connectivity index (χ3n) is 7.55. The number of Topliss-reactive ketones (excluding diaryl/α,β-unsaturated/α-hetero) is 1. The second-order valence-corrected chi connectivity index (χ2v) is 10.8. The van der Waals surface area contributed by atoms with Crippen LogP contribution in [0.5, 0.6) is 5.75 Å². The van der Waals surface area contributed by atoms with Gasteiger partial charge in [-0.05, 0) is 87.9 Å². The van der Waals surface area contributed by atoms with Crippen molar-refractivity contribution in [2.75, 3.05) is 40.3 Å². The number of nitrogens with zero attached hydrogens (tertiary/aromatic N) is 2. The van der Waals surface area contributed by atoms with Crippen LogP contribution in [0.4, 0.5) is 4.39 Å². The van der Waals surface area contributed by atoms with Gasteiger partial charge in [-0.3, -0.25) is 4.79 Å². The Kier molecular flexibility index (Phi) is 9.01. The van der Waals surface area contributed by atoms with E-state index in [0.29, 0.717) is 22.7 Å². The Hall–Kier alpha value is -2.73. The number of halogens is 2. The maximum Gasteiger partial charge on any atom is 0.167 e.